The normalized spacial score (nSPS) is 39.0. The van der Waals surface area contributed by atoms with Crippen LogP contribution in [0.25, 0.3) is 0 Å². The summed E-state index contributed by atoms with van der Waals surface area (Å²) >= 11 is 0. The van der Waals surface area contributed by atoms with E-state index in [9.17, 15) is 0 Å². The summed E-state index contributed by atoms with van der Waals surface area (Å²) in [5.41, 5.74) is 0.652. The van der Waals surface area contributed by atoms with Crippen LogP contribution in [-0.4, -0.2) is 13.1 Å². The fourth-order valence-corrected chi connectivity index (χ4v) is 2.31. The molecule has 0 bridgehead atoms. The maximum absolute atomic E-state index is 3.51. The zero-order valence-corrected chi connectivity index (χ0v) is 7.53. The first-order chi connectivity index (χ1) is 5.29. The second kappa shape index (κ2) is 2.78. The third-order valence-corrected chi connectivity index (χ3v) is 3.16. The lowest BCUT2D eigenvalue weighted by Gasteiger charge is -2.34. The molecule has 0 spiro atoms. The van der Waals surface area contributed by atoms with Gasteiger partial charge in [0.1, 0.15) is 0 Å². The van der Waals surface area contributed by atoms with E-state index in [1.165, 1.54) is 45.2 Å². The van der Waals surface area contributed by atoms with Crippen LogP contribution in [-0.2, 0) is 0 Å². The Kier molecular flexibility index (Phi) is 1.92. The molecule has 0 amide bonds. The smallest absolute Gasteiger partial charge is 0.000527 e. The zero-order valence-electron chi connectivity index (χ0n) is 7.53. The first kappa shape index (κ1) is 7.60. The molecule has 0 aromatic heterocycles. The maximum atomic E-state index is 3.51. The number of hydrogen-bond donors (Lipinski definition) is 1. The minimum absolute atomic E-state index is 0.652. The first-order valence-electron chi connectivity index (χ1n) is 4.99. The Labute approximate surface area is 69.6 Å². The van der Waals surface area contributed by atoms with Gasteiger partial charge >= 0.3 is 0 Å². The molecule has 64 valence electrons. The lowest BCUT2D eigenvalue weighted by Crippen LogP contribution is -2.38. The van der Waals surface area contributed by atoms with E-state index in [2.05, 4.69) is 12.2 Å². The molecule has 0 unspecified atom stereocenters. The first-order valence-corrected chi connectivity index (χ1v) is 4.99. The minimum atomic E-state index is 0.652. The molecule has 0 aromatic rings. The number of rotatable bonds is 2. The Bertz CT molecular complexity index is 132. The van der Waals surface area contributed by atoms with Crippen molar-refractivity contribution in [1.29, 1.82) is 0 Å². The highest BCUT2D eigenvalue weighted by molar-refractivity contribution is 4.87. The van der Waals surface area contributed by atoms with Crippen LogP contribution in [0.1, 0.15) is 39.0 Å². The van der Waals surface area contributed by atoms with Gasteiger partial charge in [-0.3, -0.25) is 0 Å². The van der Waals surface area contributed by atoms with Gasteiger partial charge in [0.15, 0.2) is 0 Å². The maximum Gasteiger partial charge on any atom is 0.000527 e. The molecule has 1 saturated heterocycles. The summed E-state index contributed by atoms with van der Waals surface area (Å²) in [7, 11) is 0. The topological polar surface area (TPSA) is 12.0 Å². The molecule has 2 rings (SSSR count). The van der Waals surface area contributed by atoms with Crippen LogP contribution in [0, 0.1) is 11.3 Å². The van der Waals surface area contributed by atoms with E-state index in [1.54, 1.807) is 0 Å². The lowest BCUT2D eigenvalue weighted by atomic mass is 9.78. The fourth-order valence-electron chi connectivity index (χ4n) is 2.31. The Balaban J connectivity index is 1.84. The summed E-state index contributed by atoms with van der Waals surface area (Å²) in [6.07, 6.45) is 7.35. The van der Waals surface area contributed by atoms with Crippen LogP contribution in [0.5, 0.6) is 0 Å². The van der Waals surface area contributed by atoms with E-state index in [0.29, 0.717) is 5.41 Å². The number of hydrogen-bond acceptors (Lipinski definition) is 1. The molecule has 1 heterocycles. The van der Waals surface area contributed by atoms with E-state index >= 15 is 0 Å². The van der Waals surface area contributed by atoms with Gasteiger partial charge in [-0.15, -0.1) is 0 Å². The van der Waals surface area contributed by atoms with E-state index in [0.717, 1.165) is 5.92 Å². The fraction of sp³-hybridized carbons (Fsp3) is 1.00. The summed E-state index contributed by atoms with van der Waals surface area (Å²) < 4.78 is 0. The molecule has 0 radical (unpaired) electrons. The van der Waals surface area contributed by atoms with Crippen molar-refractivity contribution in [3.8, 4) is 0 Å². The van der Waals surface area contributed by atoms with Crippen LogP contribution in [0.15, 0.2) is 0 Å². The third kappa shape index (κ3) is 1.96. The zero-order chi connectivity index (χ0) is 7.73. The summed E-state index contributed by atoms with van der Waals surface area (Å²) in [6, 6.07) is 0. The lowest BCUT2D eigenvalue weighted by molar-refractivity contribution is 0.207. The van der Waals surface area contributed by atoms with Gasteiger partial charge < -0.3 is 5.32 Å². The highest BCUT2D eigenvalue weighted by atomic mass is 14.9. The molecule has 1 heteroatoms. The molecular weight excluding hydrogens is 134 g/mol. The largest absolute Gasteiger partial charge is 0.316 e. The molecule has 0 aromatic carbocycles. The van der Waals surface area contributed by atoms with E-state index in [-0.39, 0.29) is 0 Å². The molecule has 11 heavy (non-hydrogen) atoms. The summed E-state index contributed by atoms with van der Waals surface area (Å²) in [5.74, 6) is 1.10. The van der Waals surface area contributed by atoms with Crippen molar-refractivity contribution < 1.29 is 0 Å². The molecule has 1 atom stereocenters. The highest BCUT2D eigenvalue weighted by Gasteiger charge is 2.33. The van der Waals surface area contributed by atoms with Crippen molar-refractivity contribution in [3.63, 3.8) is 0 Å². The van der Waals surface area contributed by atoms with Gasteiger partial charge in [0.25, 0.3) is 0 Å². The second-order valence-corrected chi connectivity index (χ2v) is 4.74. The Morgan fingerprint density at radius 2 is 2.27 bits per heavy atom. The summed E-state index contributed by atoms with van der Waals surface area (Å²) in [4.78, 5) is 0. The number of piperidine rings is 1. The average molecular weight is 153 g/mol. The molecule has 1 aliphatic heterocycles. The van der Waals surface area contributed by atoms with Crippen LogP contribution in [0.3, 0.4) is 0 Å². The third-order valence-electron chi connectivity index (χ3n) is 3.16. The molecule has 1 N–H and O–H groups in total. The molecule has 1 saturated carbocycles. The highest BCUT2D eigenvalue weighted by Crippen LogP contribution is 2.42. The molecule has 1 aliphatic carbocycles. The Hall–Kier alpha value is -0.0400. The monoisotopic (exact) mass is 153 g/mol. The van der Waals surface area contributed by atoms with Gasteiger partial charge in [0, 0.05) is 6.54 Å². The molecular formula is C10H19N. The Morgan fingerprint density at radius 1 is 1.45 bits per heavy atom. The SMILES string of the molecule is C[C@@]1(CC2CC2)CCCNC1. The Morgan fingerprint density at radius 3 is 2.82 bits per heavy atom. The van der Waals surface area contributed by atoms with E-state index in [4.69, 9.17) is 0 Å². The molecule has 2 fully saturated rings. The van der Waals surface area contributed by atoms with Crippen molar-refractivity contribution in [1.82, 2.24) is 5.32 Å². The minimum Gasteiger partial charge on any atom is -0.316 e. The van der Waals surface area contributed by atoms with Gasteiger partial charge in [-0.1, -0.05) is 19.8 Å². The quantitative estimate of drug-likeness (QED) is 0.641. The molecule has 1 nitrogen and oxygen atoms in total. The van der Waals surface area contributed by atoms with Gasteiger partial charge in [-0.05, 0) is 37.1 Å². The predicted octanol–water partition coefficient (Wildman–Crippen LogP) is 2.18. The van der Waals surface area contributed by atoms with E-state index in [1.807, 2.05) is 0 Å². The van der Waals surface area contributed by atoms with Crippen LogP contribution >= 0.6 is 0 Å². The van der Waals surface area contributed by atoms with Crippen molar-refractivity contribution in [2.24, 2.45) is 11.3 Å². The van der Waals surface area contributed by atoms with Gasteiger partial charge in [-0.25, -0.2) is 0 Å². The van der Waals surface area contributed by atoms with Crippen LogP contribution < -0.4 is 5.32 Å². The number of nitrogens with one attached hydrogen (secondary N) is 1. The van der Waals surface area contributed by atoms with Crippen LogP contribution in [0.4, 0.5) is 0 Å². The molecule has 2 aliphatic rings. The predicted molar refractivity (Wildman–Crippen MR) is 47.6 cm³/mol. The van der Waals surface area contributed by atoms with Gasteiger partial charge in [0.05, 0.1) is 0 Å². The second-order valence-electron chi connectivity index (χ2n) is 4.74. The standard InChI is InChI=1S/C10H19N/c1-10(7-9-3-4-9)5-2-6-11-8-10/h9,11H,2-8H2,1H3/t10-/m0/s1. The van der Waals surface area contributed by atoms with Crippen molar-refractivity contribution in [2.45, 2.75) is 39.0 Å². The van der Waals surface area contributed by atoms with E-state index < -0.39 is 0 Å². The van der Waals surface area contributed by atoms with Gasteiger partial charge in [-0.2, -0.15) is 0 Å². The van der Waals surface area contributed by atoms with Crippen molar-refractivity contribution in [3.05, 3.63) is 0 Å². The summed E-state index contributed by atoms with van der Waals surface area (Å²) in [5, 5.41) is 3.51. The summed E-state index contributed by atoms with van der Waals surface area (Å²) in [6.45, 7) is 4.97. The van der Waals surface area contributed by atoms with Crippen molar-refractivity contribution >= 4 is 0 Å². The average Bonchev–Trinajstić information content (AvgIpc) is 2.72. The van der Waals surface area contributed by atoms with Crippen molar-refractivity contribution in [2.75, 3.05) is 13.1 Å². The van der Waals surface area contributed by atoms with Gasteiger partial charge in [0.2, 0.25) is 0 Å². The van der Waals surface area contributed by atoms with Crippen LogP contribution in [0.2, 0.25) is 0 Å².